The molecule has 0 saturated carbocycles. The topological polar surface area (TPSA) is 9.23 Å². The van der Waals surface area contributed by atoms with Gasteiger partial charge in [0.25, 0.3) is 0 Å². The third-order valence-corrected chi connectivity index (χ3v) is 3.43. The van der Waals surface area contributed by atoms with Gasteiger partial charge in [0, 0.05) is 13.2 Å². The molecular formula is C17H35O. The van der Waals surface area contributed by atoms with E-state index in [1.807, 2.05) is 6.92 Å². The first-order chi connectivity index (χ1) is 8.91. The Morgan fingerprint density at radius 1 is 0.667 bits per heavy atom. The number of ether oxygens (including phenoxy) is 1. The lowest BCUT2D eigenvalue weighted by molar-refractivity contribution is 0.149. The van der Waals surface area contributed by atoms with Crippen molar-refractivity contribution in [2.75, 3.05) is 13.2 Å². The molecule has 0 amide bonds. The summed E-state index contributed by atoms with van der Waals surface area (Å²) in [6.45, 7) is 6.09. The fourth-order valence-corrected chi connectivity index (χ4v) is 2.25. The van der Waals surface area contributed by atoms with Gasteiger partial charge < -0.3 is 4.74 Å². The molecule has 109 valence electrons. The Morgan fingerprint density at radius 3 is 1.56 bits per heavy atom. The van der Waals surface area contributed by atoms with E-state index in [4.69, 9.17) is 4.74 Å². The molecule has 0 heterocycles. The van der Waals surface area contributed by atoms with E-state index in [-0.39, 0.29) is 0 Å². The fourth-order valence-electron chi connectivity index (χ4n) is 2.25. The van der Waals surface area contributed by atoms with Gasteiger partial charge in [-0.1, -0.05) is 84.5 Å². The number of hydrogen-bond donors (Lipinski definition) is 0. The van der Waals surface area contributed by atoms with Crippen LogP contribution in [0.4, 0.5) is 0 Å². The molecule has 0 rings (SSSR count). The second kappa shape index (κ2) is 17.0. The average molecular weight is 255 g/mol. The van der Waals surface area contributed by atoms with Crippen LogP contribution < -0.4 is 0 Å². The van der Waals surface area contributed by atoms with Crippen molar-refractivity contribution in [1.29, 1.82) is 0 Å². The van der Waals surface area contributed by atoms with E-state index in [1.165, 1.54) is 77.0 Å². The number of hydrogen-bond acceptors (Lipinski definition) is 1. The summed E-state index contributed by atoms with van der Waals surface area (Å²) < 4.78 is 5.42. The summed E-state index contributed by atoms with van der Waals surface area (Å²) >= 11 is 0. The van der Waals surface area contributed by atoms with Gasteiger partial charge in [0.15, 0.2) is 0 Å². The van der Waals surface area contributed by atoms with Crippen molar-refractivity contribution < 1.29 is 4.74 Å². The van der Waals surface area contributed by atoms with Gasteiger partial charge in [0.2, 0.25) is 0 Å². The van der Waals surface area contributed by atoms with Crippen LogP contribution in [0.1, 0.15) is 90.9 Å². The van der Waals surface area contributed by atoms with Crippen molar-refractivity contribution in [3.05, 3.63) is 6.42 Å². The summed E-state index contributed by atoms with van der Waals surface area (Å²) in [5.74, 6) is 0. The van der Waals surface area contributed by atoms with Crippen molar-refractivity contribution in [1.82, 2.24) is 0 Å². The molecule has 0 N–H and O–H groups in total. The maximum atomic E-state index is 5.42. The summed E-state index contributed by atoms with van der Waals surface area (Å²) in [7, 11) is 0. The first-order valence-corrected chi connectivity index (χ1v) is 8.27. The van der Waals surface area contributed by atoms with Crippen LogP contribution in [0, 0.1) is 6.42 Å². The molecule has 0 spiro atoms. The van der Waals surface area contributed by atoms with E-state index in [1.54, 1.807) is 0 Å². The molecule has 0 aromatic heterocycles. The monoisotopic (exact) mass is 255 g/mol. The number of unbranched alkanes of at least 4 members (excludes halogenated alkanes) is 11. The molecule has 1 radical (unpaired) electrons. The minimum Gasteiger partial charge on any atom is -0.381 e. The van der Waals surface area contributed by atoms with Crippen LogP contribution in [-0.4, -0.2) is 13.2 Å². The zero-order valence-corrected chi connectivity index (χ0v) is 12.9. The first kappa shape index (κ1) is 18.0. The lowest BCUT2D eigenvalue weighted by Crippen LogP contribution is -1.95. The van der Waals surface area contributed by atoms with E-state index >= 15 is 0 Å². The van der Waals surface area contributed by atoms with Gasteiger partial charge >= 0.3 is 0 Å². The maximum absolute atomic E-state index is 5.42. The van der Waals surface area contributed by atoms with Crippen molar-refractivity contribution in [2.24, 2.45) is 0 Å². The number of rotatable bonds is 15. The minimum atomic E-state index is 0.817. The van der Waals surface area contributed by atoms with Crippen LogP contribution >= 0.6 is 0 Å². The van der Waals surface area contributed by atoms with E-state index in [0.29, 0.717) is 0 Å². The van der Waals surface area contributed by atoms with Crippen LogP contribution in [0.25, 0.3) is 0 Å². The van der Waals surface area contributed by atoms with Crippen molar-refractivity contribution >= 4 is 0 Å². The van der Waals surface area contributed by atoms with Crippen molar-refractivity contribution in [2.45, 2.75) is 90.9 Å². The Labute approximate surface area is 116 Å². The quantitative estimate of drug-likeness (QED) is 0.330. The zero-order valence-electron chi connectivity index (χ0n) is 12.9. The van der Waals surface area contributed by atoms with Gasteiger partial charge in [0.05, 0.1) is 0 Å². The third kappa shape index (κ3) is 16.0. The average Bonchev–Trinajstić information content (AvgIpc) is 2.39. The predicted molar refractivity (Wildman–Crippen MR) is 81.9 cm³/mol. The van der Waals surface area contributed by atoms with Crippen LogP contribution in [0.15, 0.2) is 0 Å². The molecule has 0 aliphatic heterocycles. The predicted octanol–water partition coefficient (Wildman–Crippen LogP) is 5.93. The molecule has 0 aliphatic carbocycles. The van der Waals surface area contributed by atoms with Crippen LogP contribution in [0.5, 0.6) is 0 Å². The Morgan fingerprint density at radius 2 is 1.11 bits per heavy atom. The Kier molecular flexibility index (Phi) is 16.9. The summed E-state index contributed by atoms with van der Waals surface area (Å²) in [5, 5.41) is 0. The third-order valence-electron chi connectivity index (χ3n) is 3.43. The second-order valence-corrected chi connectivity index (χ2v) is 5.37. The highest BCUT2D eigenvalue weighted by Crippen LogP contribution is 2.11. The minimum absolute atomic E-state index is 0.817. The molecule has 0 aromatic carbocycles. The molecule has 0 saturated heterocycles. The fraction of sp³-hybridized carbons (Fsp3) is 0.941. The lowest BCUT2D eigenvalue weighted by atomic mass is 10.1. The van der Waals surface area contributed by atoms with E-state index < -0.39 is 0 Å². The smallest absolute Gasteiger partial charge is 0.0495 e. The van der Waals surface area contributed by atoms with E-state index in [9.17, 15) is 0 Å². The van der Waals surface area contributed by atoms with Crippen molar-refractivity contribution in [3.8, 4) is 0 Å². The van der Waals surface area contributed by atoms with Crippen molar-refractivity contribution in [3.63, 3.8) is 0 Å². The summed E-state index contributed by atoms with van der Waals surface area (Å²) in [6, 6.07) is 0. The normalized spacial score (nSPS) is 11.0. The SMILES string of the molecule is C[CH]COCCCCCCCCCCCCCC. The van der Waals surface area contributed by atoms with E-state index in [0.717, 1.165) is 13.2 Å². The molecule has 0 aliphatic rings. The maximum Gasteiger partial charge on any atom is 0.0495 e. The van der Waals surface area contributed by atoms with Gasteiger partial charge in [-0.15, -0.1) is 0 Å². The van der Waals surface area contributed by atoms with Gasteiger partial charge in [-0.25, -0.2) is 0 Å². The first-order valence-electron chi connectivity index (χ1n) is 8.27. The highest BCUT2D eigenvalue weighted by Gasteiger charge is 1.93. The van der Waals surface area contributed by atoms with Crippen LogP contribution in [-0.2, 0) is 4.74 Å². The molecule has 0 bridgehead atoms. The molecule has 0 atom stereocenters. The van der Waals surface area contributed by atoms with Gasteiger partial charge in [0.1, 0.15) is 0 Å². The molecule has 1 heteroatoms. The largest absolute Gasteiger partial charge is 0.381 e. The van der Waals surface area contributed by atoms with Gasteiger partial charge in [-0.05, 0) is 12.8 Å². The Hall–Kier alpha value is -0.0400. The highest BCUT2D eigenvalue weighted by atomic mass is 16.5. The standard InChI is InChI=1S/C17H35O/c1-3-5-6-7-8-9-10-11-12-13-14-15-17-18-16-4-2/h4H,3,5-17H2,1-2H3. The lowest BCUT2D eigenvalue weighted by Gasteiger charge is -2.03. The molecule has 1 nitrogen and oxygen atoms in total. The molecule has 0 fully saturated rings. The zero-order chi connectivity index (χ0) is 13.3. The highest BCUT2D eigenvalue weighted by molar-refractivity contribution is 4.52. The molecule has 18 heavy (non-hydrogen) atoms. The molecule has 0 aromatic rings. The van der Waals surface area contributed by atoms with Crippen LogP contribution in [0.3, 0.4) is 0 Å². The summed E-state index contributed by atoms with van der Waals surface area (Å²) in [5.41, 5.74) is 0. The van der Waals surface area contributed by atoms with Gasteiger partial charge in [-0.2, -0.15) is 0 Å². The summed E-state index contributed by atoms with van der Waals surface area (Å²) in [4.78, 5) is 0. The summed E-state index contributed by atoms with van der Waals surface area (Å²) in [6.07, 6.45) is 19.0. The Bertz CT molecular complexity index is 118. The Balaban J connectivity index is 2.86. The second-order valence-electron chi connectivity index (χ2n) is 5.37. The molecule has 0 unspecified atom stereocenters. The van der Waals surface area contributed by atoms with Gasteiger partial charge in [-0.3, -0.25) is 0 Å². The van der Waals surface area contributed by atoms with E-state index in [2.05, 4.69) is 13.3 Å². The van der Waals surface area contributed by atoms with Crippen LogP contribution in [0.2, 0.25) is 0 Å². The molecular weight excluding hydrogens is 220 g/mol.